The fraction of sp³-hybridized carbons (Fsp3) is 0.548. The van der Waals surface area contributed by atoms with E-state index in [1.807, 2.05) is 51.1 Å². The van der Waals surface area contributed by atoms with Crippen molar-refractivity contribution < 1.29 is 28.5 Å². The van der Waals surface area contributed by atoms with E-state index in [0.717, 1.165) is 36.1 Å². The number of ether oxygens (including phenoxy) is 4. The van der Waals surface area contributed by atoms with Crippen molar-refractivity contribution in [2.24, 2.45) is 5.92 Å². The molecule has 0 aromatic heterocycles. The standard InChI is InChI=1S/C31H43N3O6/c1-5-6-7-14-40-29-19-26(10-11-27(29)37-3)34-21-23(2)20-33(31(34)36)22-25-9-8-24(17-28(25)38-4)18-30(35)32-12-15-39-16-13-32/h8-11,17,19,23H,5-7,12-16,18,20-22H2,1-4H3/t23-/m1/s1. The zero-order valence-corrected chi connectivity index (χ0v) is 24.3. The molecule has 9 heteroatoms. The van der Waals surface area contributed by atoms with Gasteiger partial charge in [0.1, 0.15) is 5.75 Å². The van der Waals surface area contributed by atoms with Crippen molar-refractivity contribution >= 4 is 17.6 Å². The molecular weight excluding hydrogens is 510 g/mol. The second kappa shape index (κ2) is 14.3. The van der Waals surface area contributed by atoms with E-state index in [2.05, 4.69) is 13.8 Å². The summed E-state index contributed by atoms with van der Waals surface area (Å²) in [6.07, 6.45) is 3.51. The lowest BCUT2D eigenvalue weighted by molar-refractivity contribution is -0.134. The number of benzene rings is 2. The van der Waals surface area contributed by atoms with Gasteiger partial charge in [-0.05, 0) is 36.1 Å². The molecule has 2 aliphatic heterocycles. The van der Waals surface area contributed by atoms with Crippen LogP contribution in [0, 0.1) is 5.92 Å². The summed E-state index contributed by atoms with van der Waals surface area (Å²) >= 11 is 0. The molecule has 0 radical (unpaired) electrons. The van der Waals surface area contributed by atoms with E-state index in [9.17, 15) is 9.59 Å². The number of carbonyl (C=O) groups excluding carboxylic acids is 2. The summed E-state index contributed by atoms with van der Waals surface area (Å²) in [6, 6.07) is 11.4. The van der Waals surface area contributed by atoms with Crippen LogP contribution in [0.15, 0.2) is 36.4 Å². The van der Waals surface area contributed by atoms with Crippen LogP contribution in [0.25, 0.3) is 0 Å². The molecule has 2 aromatic rings. The van der Waals surface area contributed by atoms with Crippen LogP contribution in [-0.2, 0) is 22.5 Å². The van der Waals surface area contributed by atoms with E-state index in [1.54, 1.807) is 14.2 Å². The number of morpholine rings is 1. The first-order chi connectivity index (χ1) is 19.4. The molecule has 2 heterocycles. The number of carbonyl (C=O) groups is 2. The van der Waals surface area contributed by atoms with Crippen LogP contribution in [0.1, 0.15) is 44.2 Å². The molecule has 4 rings (SSSR count). The van der Waals surface area contributed by atoms with Gasteiger partial charge in [0.05, 0.1) is 47.0 Å². The van der Waals surface area contributed by atoms with Gasteiger partial charge in [0.2, 0.25) is 5.91 Å². The van der Waals surface area contributed by atoms with E-state index < -0.39 is 0 Å². The van der Waals surface area contributed by atoms with Crippen LogP contribution >= 0.6 is 0 Å². The minimum absolute atomic E-state index is 0.0613. The van der Waals surface area contributed by atoms with Gasteiger partial charge in [-0.15, -0.1) is 0 Å². The van der Waals surface area contributed by atoms with Gasteiger partial charge < -0.3 is 28.7 Å². The largest absolute Gasteiger partial charge is 0.496 e. The predicted octanol–water partition coefficient (Wildman–Crippen LogP) is 4.75. The average Bonchev–Trinajstić information content (AvgIpc) is 2.98. The summed E-state index contributed by atoms with van der Waals surface area (Å²) in [4.78, 5) is 31.9. The Hall–Kier alpha value is -3.46. The number of methoxy groups -OCH3 is 2. The average molecular weight is 554 g/mol. The number of amides is 3. The van der Waals surface area contributed by atoms with E-state index in [1.165, 1.54) is 0 Å². The SMILES string of the molecule is CCCCCOc1cc(N2C[C@H](C)CN(Cc3ccc(CC(=O)N4CCOCC4)cc3OC)C2=O)ccc1OC. The van der Waals surface area contributed by atoms with Gasteiger partial charge in [-0.2, -0.15) is 0 Å². The summed E-state index contributed by atoms with van der Waals surface area (Å²) < 4.78 is 22.6. The quantitative estimate of drug-likeness (QED) is 0.353. The van der Waals surface area contributed by atoms with E-state index in [4.69, 9.17) is 18.9 Å². The Morgan fingerprint density at radius 2 is 1.75 bits per heavy atom. The summed E-state index contributed by atoms with van der Waals surface area (Å²) in [6.45, 7) is 9.01. The van der Waals surface area contributed by atoms with Gasteiger partial charge in [0.15, 0.2) is 11.5 Å². The molecule has 0 N–H and O–H groups in total. The highest BCUT2D eigenvalue weighted by molar-refractivity contribution is 5.93. The van der Waals surface area contributed by atoms with Crippen LogP contribution in [-0.4, -0.2) is 82.0 Å². The monoisotopic (exact) mass is 553 g/mol. The van der Waals surface area contributed by atoms with Crippen LogP contribution in [0.3, 0.4) is 0 Å². The Morgan fingerprint density at radius 1 is 0.975 bits per heavy atom. The normalized spacial score (nSPS) is 17.6. The van der Waals surface area contributed by atoms with Crippen molar-refractivity contribution in [3.8, 4) is 17.2 Å². The Bertz CT molecular complexity index is 1150. The van der Waals surface area contributed by atoms with Crippen molar-refractivity contribution in [3.05, 3.63) is 47.5 Å². The minimum atomic E-state index is -0.0613. The third kappa shape index (κ3) is 7.38. The van der Waals surface area contributed by atoms with Gasteiger partial charge in [-0.1, -0.05) is 38.8 Å². The number of rotatable bonds is 12. The first-order valence-electron chi connectivity index (χ1n) is 14.3. The first kappa shape index (κ1) is 29.5. The topological polar surface area (TPSA) is 80.8 Å². The highest BCUT2D eigenvalue weighted by Gasteiger charge is 2.32. The lowest BCUT2D eigenvalue weighted by Gasteiger charge is -2.39. The highest BCUT2D eigenvalue weighted by Crippen LogP contribution is 2.34. The van der Waals surface area contributed by atoms with Crippen molar-refractivity contribution in [2.75, 3.05) is 65.1 Å². The maximum atomic E-state index is 13.7. The second-order valence-corrected chi connectivity index (χ2v) is 10.6. The third-order valence-corrected chi connectivity index (χ3v) is 7.42. The molecule has 0 aliphatic carbocycles. The molecule has 2 aliphatic rings. The van der Waals surface area contributed by atoms with Gasteiger partial charge in [0, 0.05) is 43.5 Å². The number of unbranched alkanes of at least 4 members (excludes halogenated alkanes) is 2. The Kier molecular flexibility index (Phi) is 10.5. The van der Waals surface area contributed by atoms with E-state index in [0.29, 0.717) is 76.2 Å². The maximum absolute atomic E-state index is 13.7. The zero-order chi connectivity index (χ0) is 28.5. The molecule has 3 amide bonds. The molecule has 0 spiro atoms. The first-order valence-corrected chi connectivity index (χ1v) is 14.3. The van der Waals surface area contributed by atoms with E-state index in [-0.39, 0.29) is 17.9 Å². The molecule has 218 valence electrons. The van der Waals surface area contributed by atoms with Gasteiger partial charge in [-0.25, -0.2) is 4.79 Å². The Labute approximate surface area is 237 Å². The molecule has 0 bridgehead atoms. The summed E-state index contributed by atoms with van der Waals surface area (Å²) in [5, 5.41) is 0. The number of urea groups is 1. The highest BCUT2D eigenvalue weighted by atomic mass is 16.5. The Morgan fingerprint density at radius 3 is 2.48 bits per heavy atom. The molecule has 9 nitrogen and oxygen atoms in total. The molecule has 2 fully saturated rings. The Balaban J connectivity index is 1.47. The van der Waals surface area contributed by atoms with Crippen LogP contribution in [0.4, 0.5) is 10.5 Å². The van der Waals surface area contributed by atoms with Crippen molar-refractivity contribution in [1.82, 2.24) is 9.80 Å². The van der Waals surface area contributed by atoms with Gasteiger partial charge in [-0.3, -0.25) is 9.69 Å². The second-order valence-electron chi connectivity index (χ2n) is 10.6. The van der Waals surface area contributed by atoms with Crippen LogP contribution in [0.5, 0.6) is 17.2 Å². The zero-order valence-electron chi connectivity index (χ0n) is 24.3. The minimum Gasteiger partial charge on any atom is -0.496 e. The molecule has 2 aromatic carbocycles. The number of hydrogen-bond acceptors (Lipinski definition) is 6. The molecule has 1 atom stereocenters. The number of nitrogens with zero attached hydrogens (tertiary/aromatic N) is 3. The molecule has 2 saturated heterocycles. The van der Waals surface area contributed by atoms with Gasteiger partial charge >= 0.3 is 6.03 Å². The molecular formula is C31H43N3O6. The fourth-order valence-electron chi connectivity index (χ4n) is 5.24. The van der Waals surface area contributed by atoms with Crippen molar-refractivity contribution in [3.63, 3.8) is 0 Å². The van der Waals surface area contributed by atoms with Gasteiger partial charge in [0.25, 0.3) is 0 Å². The van der Waals surface area contributed by atoms with Crippen molar-refractivity contribution in [1.29, 1.82) is 0 Å². The van der Waals surface area contributed by atoms with Crippen LogP contribution in [0.2, 0.25) is 0 Å². The smallest absolute Gasteiger partial charge is 0.324 e. The van der Waals surface area contributed by atoms with E-state index >= 15 is 0 Å². The number of anilines is 1. The predicted molar refractivity (Wildman–Crippen MR) is 154 cm³/mol. The maximum Gasteiger partial charge on any atom is 0.324 e. The summed E-state index contributed by atoms with van der Waals surface area (Å²) in [7, 11) is 3.25. The molecule has 0 saturated carbocycles. The van der Waals surface area contributed by atoms with Crippen molar-refractivity contribution in [2.45, 2.75) is 46.1 Å². The number of hydrogen-bond donors (Lipinski definition) is 0. The fourth-order valence-corrected chi connectivity index (χ4v) is 5.24. The van der Waals surface area contributed by atoms with Crippen LogP contribution < -0.4 is 19.1 Å². The molecule has 40 heavy (non-hydrogen) atoms. The molecule has 0 unspecified atom stereocenters. The third-order valence-electron chi connectivity index (χ3n) is 7.42. The lowest BCUT2D eigenvalue weighted by atomic mass is 10.0. The summed E-state index contributed by atoms with van der Waals surface area (Å²) in [5.74, 6) is 2.34. The summed E-state index contributed by atoms with van der Waals surface area (Å²) in [5.41, 5.74) is 2.58. The lowest BCUT2D eigenvalue weighted by Crippen LogP contribution is -2.52.